The molecule has 1 heterocycles. The first-order chi connectivity index (χ1) is 4.70. The highest BCUT2D eigenvalue weighted by atomic mass is 16.2. The molecule has 4 heteroatoms. The molecule has 0 bridgehead atoms. The molecular weight excluding hydrogens is 130 g/mol. The molecule has 0 atom stereocenters. The SMILES string of the molecule is CC(C)C1=NNC(=O)NC1. The van der Waals surface area contributed by atoms with Crippen molar-refractivity contribution in [2.45, 2.75) is 13.8 Å². The molecule has 0 radical (unpaired) electrons. The maximum absolute atomic E-state index is 10.5. The lowest BCUT2D eigenvalue weighted by atomic mass is 10.1. The second-order valence-corrected chi connectivity index (χ2v) is 2.55. The molecule has 0 saturated carbocycles. The fraction of sp³-hybridized carbons (Fsp3) is 0.667. The Bertz CT molecular complexity index is 174. The summed E-state index contributed by atoms with van der Waals surface area (Å²) in [6.45, 7) is 4.65. The van der Waals surface area contributed by atoms with Crippen LogP contribution < -0.4 is 10.7 Å². The van der Waals surface area contributed by atoms with Gasteiger partial charge >= 0.3 is 6.03 Å². The van der Waals surface area contributed by atoms with E-state index in [0.29, 0.717) is 12.5 Å². The van der Waals surface area contributed by atoms with Crippen LogP contribution in [0.15, 0.2) is 5.10 Å². The highest BCUT2D eigenvalue weighted by Gasteiger charge is 2.11. The van der Waals surface area contributed by atoms with E-state index in [0.717, 1.165) is 5.71 Å². The van der Waals surface area contributed by atoms with Crippen LogP contribution in [0.5, 0.6) is 0 Å². The summed E-state index contributed by atoms with van der Waals surface area (Å²) >= 11 is 0. The lowest BCUT2D eigenvalue weighted by Crippen LogP contribution is -2.43. The minimum atomic E-state index is -0.218. The van der Waals surface area contributed by atoms with Gasteiger partial charge in [-0.15, -0.1) is 0 Å². The maximum atomic E-state index is 10.5. The van der Waals surface area contributed by atoms with Crippen LogP contribution in [0.25, 0.3) is 0 Å². The van der Waals surface area contributed by atoms with Gasteiger partial charge in [-0.2, -0.15) is 5.10 Å². The Kier molecular flexibility index (Phi) is 1.89. The minimum Gasteiger partial charge on any atom is -0.331 e. The molecule has 0 aromatic heterocycles. The Morgan fingerprint density at radius 2 is 2.30 bits per heavy atom. The van der Waals surface area contributed by atoms with Gasteiger partial charge in [0.05, 0.1) is 12.3 Å². The number of nitrogens with one attached hydrogen (secondary N) is 2. The predicted molar refractivity (Wildman–Crippen MR) is 38.8 cm³/mol. The molecule has 0 unspecified atom stereocenters. The first-order valence-corrected chi connectivity index (χ1v) is 3.30. The topological polar surface area (TPSA) is 53.5 Å². The number of hydrogen-bond donors (Lipinski definition) is 2. The zero-order valence-electron chi connectivity index (χ0n) is 6.14. The molecule has 2 N–H and O–H groups in total. The maximum Gasteiger partial charge on any atom is 0.335 e. The number of rotatable bonds is 1. The van der Waals surface area contributed by atoms with E-state index in [4.69, 9.17) is 0 Å². The second kappa shape index (κ2) is 2.68. The number of nitrogens with zero attached hydrogens (tertiary/aromatic N) is 1. The summed E-state index contributed by atoms with van der Waals surface area (Å²) in [4.78, 5) is 10.5. The van der Waals surface area contributed by atoms with E-state index in [9.17, 15) is 4.79 Å². The third kappa shape index (κ3) is 1.46. The fourth-order valence-corrected chi connectivity index (χ4v) is 0.706. The van der Waals surface area contributed by atoms with E-state index in [1.165, 1.54) is 0 Å². The van der Waals surface area contributed by atoms with E-state index in [1.54, 1.807) is 0 Å². The van der Waals surface area contributed by atoms with Gasteiger partial charge in [0.25, 0.3) is 0 Å². The van der Waals surface area contributed by atoms with Gasteiger partial charge in [0.1, 0.15) is 0 Å². The summed E-state index contributed by atoms with van der Waals surface area (Å²) < 4.78 is 0. The van der Waals surface area contributed by atoms with Crippen molar-refractivity contribution < 1.29 is 4.79 Å². The predicted octanol–water partition coefficient (Wildman–Crippen LogP) is 0.311. The van der Waals surface area contributed by atoms with Crippen LogP contribution in [-0.4, -0.2) is 18.3 Å². The molecule has 0 aliphatic carbocycles. The van der Waals surface area contributed by atoms with Gasteiger partial charge < -0.3 is 5.32 Å². The van der Waals surface area contributed by atoms with Crippen molar-refractivity contribution >= 4 is 11.7 Å². The molecule has 0 aromatic rings. The van der Waals surface area contributed by atoms with Crippen LogP contribution in [0, 0.1) is 5.92 Å². The van der Waals surface area contributed by atoms with Crippen molar-refractivity contribution in [3.8, 4) is 0 Å². The van der Waals surface area contributed by atoms with Crippen molar-refractivity contribution in [3.05, 3.63) is 0 Å². The first kappa shape index (κ1) is 7.05. The minimum absolute atomic E-state index is 0.218. The van der Waals surface area contributed by atoms with Gasteiger partial charge in [-0.25, -0.2) is 10.2 Å². The zero-order chi connectivity index (χ0) is 7.56. The number of hydrogen-bond acceptors (Lipinski definition) is 2. The number of carbonyl (C=O) groups is 1. The van der Waals surface area contributed by atoms with E-state index in [2.05, 4.69) is 15.8 Å². The van der Waals surface area contributed by atoms with E-state index in [1.807, 2.05) is 13.8 Å². The lowest BCUT2D eigenvalue weighted by molar-refractivity contribution is 0.241. The Hall–Kier alpha value is -1.06. The van der Waals surface area contributed by atoms with Gasteiger partial charge in [0.2, 0.25) is 0 Å². The van der Waals surface area contributed by atoms with Gasteiger partial charge in [0.15, 0.2) is 0 Å². The third-order valence-corrected chi connectivity index (χ3v) is 1.40. The number of carbonyl (C=O) groups excluding carboxylic acids is 1. The molecule has 56 valence electrons. The quantitative estimate of drug-likeness (QED) is 0.542. The highest BCUT2D eigenvalue weighted by molar-refractivity contribution is 5.94. The monoisotopic (exact) mass is 141 g/mol. The molecule has 10 heavy (non-hydrogen) atoms. The summed E-state index contributed by atoms with van der Waals surface area (Å²) in [6, 6.07) is -0.218. The molecule has 1 aliphatic rings. The first-order valence-electron chi connectivity index (χ1n) is 3.30. The second-order valence-electron chi connectivity index (χ2n) is 2.55. The van der Waals surface area contributed by atoms with Gasteiger partial charge in [0, 0.05) is 0 Å². The van der Waals surface area contributed by atoms with E-state index >= 15 is 0 Å². The van der Waals surface area contributed by atoms with Crippen molar-refractivity contribution in [1.29, 1.82) is 0 Å². The van der Waals surface area contributed by atoms with Crippen LogP contribution in [0.2, 0.25) is 0 Å². The molecule has 0 spiro atoms. The van der Waals surface area contributed by atoms with Crippen LogP contribution in [0.1, 0.15) is 13.8 Å². The van der Waals surface area contributed by atoms with E-state index < -0.39 is 0 Å². The summed E-state index contributed by atoms with van der Waals surface area (Å²) in [7, 11) is 0. The summed E-state index contributed by atoms with van der Waals surface area (Å²) in [5.74, 6) is 0.396. The Labute approximate surface area is 59.7 Å². The number of amides is 2. The normalized spacial score (nSPS) is 17.9. The van der Waals surface area contributed by atoms with Crippen LogP contribution in [0.3, 0.4) is 0 Å². The van der Waals surface area contributed by atoms with Gasteiger partial charge in [-0.1, -0.05) is 13.8 Å². The highest BCUT2D eigenvalue weighted by Crippen LogP contribution is 1.97. The number of urea groups is 1. The average molecular weight is 141 g/mol. The smallest absolute Gasteiger partial charge is 0.331 e. The van der Waals surface area contributed by atoms with Crippen LogP contribution >= 0.6 is 0 Å². The summed E-state index contributed by atoms with van der Waals surface area (Å²) in [5, 5.41) is 6.50. The molecule has 0 fully saturated rings. The van der Waals surface area contributed by atoms with Crippen molar-refractivity contribution in [2.24, 2.45) is 11.0 Å². The van der Waals surface area contributed by atoms with Crippen LogP contribution in [0.4, 0.5) is 4.79 Å². The largest absolute Gasteiger partial charge is 0.335 e. The fourth-order valence-electron chi connectivity index (χ4n) is 0.706. The lowest BCUT2D eigenvalue weighted by Gasteiger charge is -2.15. The Morgan fingerprint density at radius 1 is 1.60 bits per heavy atom. The van der Waals surface area contributed by atoms with E-state index in [-0.39, 0.29) is 6.03 Å². The van der Waals surface area contributed by atoms with Crippen molar-refractivity contribution in [3.63, 3.8) is 0 Å². The van der Waals surface area contributed by atoms with Gasteiger partial charge in [-0.3, -0.25) is 0 Å². The Balaban J connectivity index is 2.56. The zero-order valence-corrected chi connectivity index (χ0v) is 6.14. The summed E-state index contributed by atoms with van der Waals surface area (Å²) in [5.41, 5.74) is 3.34. The molecule has 4 nitrogen and oxygen atoms in total. The molecule has 1 aliphatic heterocycles. The molecule has 0 aromatic carbocycles. The van der Waals surface area contributed by atoms with Crippen molar-refractivity contribution in [2.75, 3.05) is 6.54 Å². The average Bonchev–Trinajstić information content (AvgIpc) is 1.88. The number of hydrazone groups is 1. The van der Waals surface area contributed by atoms with Crippen LogP contribution in [-0.2, 0) is 0 Å². The molecular formula is C6H11N3O. The molecule has 1 rings (SSSR count). The van der Waals surface area contributed by atoms with Crippen molar-refractivity contribution in [1.82, 2.24) is 10.7 Å². The standard InChI is InChI=1S/C6H11N3O/c1-4(2)5-3-7-6(10)9-8-5/h4H,3H2,1-2H3,(H2,7,9,10). The van der Waals surface area contributed by atoms with Gasteiger partial charge in [-0.05, 0) is 5.92 Å². The molecule has 2 amide bonds. The summed E-state index contributed by atoms with van der Waals surface area (Å²) in [6.07, 6.45) is 0. The third-order valence-electron chi connectivity index (χ3n) is 1.40. The molecule has 0 saturated heterocycles. The Morgan fingerprint density at radius 3 is 2.70 bits per heavy atom.